The van der Waals surface area contributed by atoms with E-state index in [0.717, 1.165) is 24.1 Å². The van der Waals surface area contributed by atoms with Gasteiger partial charge in [0.05, 0.1) is 12.7 Å². The number of rotatable bonds is 3. The summed E-state index contributed by atoms with van der Waals surface area (Å²) in [5.74, 6) is -0.307. The molecule has 0 unspecified atom stereocenters. The van der Waals surface area contributed by atoms with Gasteiger partial charge in [-0.1, -0.05) is 6.07 Å². The zero-order valence-electron chi connectivity index (χ0n) is 10.2. The average Bonchev–Trinajstić information content (AvgIpc) is 2.28. The fourth-order valence-corrected chi connectivity index (χ4v) is 2.02. The number of ether oxygens (including phenoxy) is 1. The number of methoxy groups -OCH3 is 1. The van der Waals surface area contributed by atoms with Crippen LogP contribution in [0.4, 0.5) is 5.69 Å². The molecule has 1 aromatic rings. The quantitative estimate of drug-likeness (QED) is 0.781. The van der Waals surface area contributed by atoms with E-state index < -0.39 is 0 Å². The molecule has 2 rings (SSSR count). The SMILES string of the molecule is COC(=O)c1ccc(C)c(NC2CC(N)C2)c1. The molecule has 0 bridgehead atoms. The first-order valence-electron chi connectivity index (χ1n) is 5.81. The van der Waals surface area contributed by atoms with Crippen molar-refractivity contribution in [3.8, 4) is 0 Å². The van der Waals surface area contributed by atoms with Gasteiger partial charge in [0.2, 0.25) is 0 Å². The molecule has 4 heteroatoms. The summed E-state index contributed by atoms with van der Waals surface area (Å²) in [7, 11) is 1.39. The Balaban J connectivity index is 2.12. The number of hydrogen-bond donors (Lipinski definition) is 2. The lowest BCUT2D eigenvalue weighted by molar-refractivity contribution is 0.0601. The first-order chi connectivity index (χ1) is 8.10. The number of nitrogens with one attached hydrogen (secondary N) is 1. The zero-order valence-corrected chi connectivity index (χ0v) is 10.2. The molecule has 1 aliphatic carbocycles. The maximum atomic E-state index is 11.4. The van der Waals surface area contributed by atoms with Gasteiger partial charge in [0.1, 0.15) is 0 Å². The highest BCUT2D eigenvalue weighted by Gasteiger charge is 2.26. The maximum Gasteiger partial charge on any atom is 0.337 e. The number of hydrogen-bond acceptors (Lipinski definition) is 4. The predicted molar refractivity (Wildman–Crippen MR) is 67.1 cm³/mol. The first-order valence-corrected chi connectivity index (χ1v) is 5.81. The highest BCUT2D eigenvalue weighted by molar-refractivity contribution is 5.90. The number of carbonyl (C=O) groups excluding carboxylic acids is 1. The Morgan fingerprint density at radius 1 is 1.47 bits per heavy atom. The maximum absolute atomic E-state index is 11.4. The monoisotopic (exact) mass is 234 g/mol. The highest BCUT2D eigenvalue weighted by atomic mass is 16.5. The summed E-state index contributed by atoms with van der Waals surface area (Å²) in [5, 5.41) is 3.41. The van der Waals surface area contributed by atoms with E-state index >= 15 is 0 Å². The summed E-state index contributed by atoms with van der Waals surface area (Å²) in [6.07, 6.45) is 1.98. The van der Waals surface area contributed by atoms with Gasteiger partial charge in [-0.2, -0.15) is 0 Å². The molecular weight excluding hydrogens is 216 g/mol. The minimum absolute atomic E-state index is 0.307. The molecule has 0 atom stereocenters. The van der Waals surface area contributed by atoms with Crippen molar-refractivity contribution in [2.45, 2.75) is 31.8 Å². The second kappa shape index (κ2) is 4.75. The largest absolute Gasteiger partial charge is 0.465 e. The van der Waals surface area contributed by atoms with Gasteiger partial charge in [-0.3, -0.25) is 0 Å². The average molecular weight is 234 g/mol. The topological polar surface area (TPSA) is 64.3 Å². The third kappa shape index (κ3) is 2.58. The Bertz CT molecular complexity index is 425. The van der Waals surface area contributed by atoms with Crippen LogP contribution in [0.25, 0.3) is 0 Å². The minimum Gasteiger partial charge on any atom is -0.465 e. The lowest BCUT2D eigenvalue weighted by Gasteiger charge is -2.34. The lowest BCUT2D eigenvalue weighted by Crippen LogP contribution is -2.44. The number of esters is 1. The summed E-state index contributed by atoms with van der Waals surface area (Å²) in [6, 6.07) is 6.28. The van der Waals surface area contributed by atoms with Crippen molar-refractivity contribution in [1.82, 2.24) is 0 Å². The number of carbonyl (C=O) groups is 1. The lowest BCUT2D eigenvalue weighted by atomic mass is 9.87. The molecule has 0 radical (unpaired) electrons. The standard InChI is InChI=1S/C13H18N2O2/c1-8-3-4-9(13(16)17-2)5-12(8)15-11-6-10(14)7-11/h3-5,10-11,15H,6-7,14H2,1-2H3. The van der Waals surface area contributed by atoms with Gasteiger partial charge in [0.25, 0.3) is 0 Å². The van der Waals surface area contributed by atoms with Crippen molar-refractivity contribution >= 4 is 11.7 Å². The molecule has 1 aliphatic rings. The van der Waals surface area contributed by atoms with Crippen molar-refractivity contribution in [3.05, 3.63) is 29.3 Å². The molecule has 0 aromatic heterocycles. The molecule has 92 valence electrons. The Labute approximate surface area is 101 Å². The fourth-order valence-electron chi connectivity index (χ4n) is 2.02. The van der Waals surface area contributed by atoms with Crippen molar-refractivity contribution in [2.24, 2.45) is 5.73 Å². The Morgan fingerprint density at radius 2 is 2.18 bits per heavy atom. The predicted octanol–water partition coefficient (Wildman–Crippen LogP) is 1.68. The van der Waals surface area contributed by atoms with E-state index in [0.29, 0.717) is 17.6 Å². The first kappa shape index (κ1) is 11.9. The van der Waals surface area contributed by atoms with Gasteiger partial charge in [0, 0.05) is 17.8 Å². The summed E-state index contributed by atoms with van der Waals surface area (Å²) >= 11 is 0. The molecule has 17 heavy (non-hydrogen) atoms. The van der Waals surface area contributed by atoms with Crippen molar-refractivity contribution in [2.75, 3.05) is 12.4 Å². The highest BCUT2D eigenvalue weighted by Crippen LogP contribution is 2.25. The van der Waals surface area contributed by atoms with Crippen LogP contribution in [0.5, 0.6) is 0 Å². The second-order valence-electron chi connectivity index (χ2n) is 4.59. The molecule has 1 aromatic carbocycles. The van der Waals surface area contributed by atoms with Gasteiger partial charge < -0.3 is 15.8 Å². The van der Waals surface area contributed by atoms with Gasteiger partial charge in [-0.25, -0.2) is 4.79 Å². The Morgan fingerprint density at radius 3 is 2.76 bits per heavy atom. The van der Waals surface area contributed by atoms with Crippen molar-refractivity contribution in [3.63, 3.8) is 0 Å². The van der Waals surface area contributed by atoms with Crippen LogP contribution in [-0.2, 0) is 4.74 Å². The van der Waals surface area contributed by atoms with Gasteiger partial charge in [-0.05, 0) is 37.5 Å². The summed E-state index contributed by atoms with van der Waals surface area (Å²) in [6.45, 7) is 2.02. The van der Waals surface area contributed by atoms with Crippen molar-refractivity contribution < 1.29 is 9.53 Å². The van der Waals surface area contributed by atoms with E-state index in [-0.39, 0.29) is 5.97 Å². The molecule has 3 N–H and O–H groups in total. The van der Waals surface area contributed by atoms with Crippen molar-refractivity contribution in [1.29, 1.82) is 0 Å². The Hall–Kier alpha value is -1.55. The molecule has 0 aliphatic heterocycles. The number of nitrogens with two attached hydrogens (primary N) is 1. The molecule has 1 fully saturated rings. The summed E-state index contributed by atoms with van der Waals surface area (Å²) < 4.78 is 4.71. The molecule has 0 spiro atoms. The molecule has 4 nitrogen and oxygen atoms in total. The normalized spacial score (nSPS) is 22.8. The van der Waals surface area contributed by atoms with Gasteiger partial charge in [0.15, 0.2) is 0 Å². The fraction of sp³-hybridized carbons (Fsp3) is 0.462. The third-order valence-corrected chi connectivity index (χ3v) is 3.19. The third-order valence-electron chi connectivity index (χ3n) is 3.19. The van der Waals surface area contributed by atoms with E-state index in [4.69, 9.17) is 10.5 Å². The van der Waals surface area contributed by atoms with Crippen LogP contribution < -0.4 is 11.1 Å². The number of anilines is 1. The number of aryl methyl sites for hydroxylation is 1. The second-order valence-corrected chi connectivity index (χ2v) is 4.59. The molecule has 1 saturated carbocycles. The zero-order chi connectivity index (χ0) is 12.4. The Kier molecular flexibility index (Phi) is 3.33. The van der Waals surface area contributed by atoms with Crippen LogP contribution in [0.15, 0.2) is 18.2 Å². The van der Waals surface area contributed by atoms with Crippen LogP contribution in [-0.4, -0.2) is 25.2 Å². The minimum atomic E-state index is -0.307. The van der Waals surface area contributed by atoms with E-state index in [9.17, 15) is 4.79 Å². The van der Waals surface area contributed by atoms with Crippen LogP contribution in [0.1, 0.15) is 28.8 Å². The van der Waals surface area contributed by atoms with Gasteiger partial charge in [-0.15, -0.1) is 0 Å². The van der Waals surface area contributed by atoms with E-state index in [1.165, 1.54) is 7.11 Å². The van der Waals surface area contributed by atoms with Crippen LogP contribution in [0, 0.1) is 6.92 Å². The summed E-state index contributed by atoms with van der Waals surface area (Å²) in [4.78, 5) is 11.4. The molecule has 0 heterocycles. The van der Waals surface area contributed by atoms with Crippen LogP contribution in [0.3, 0.4) is 0 Å². The smallest absolute Gasteiger partial charge is 0.337 e. The van der Waals surface area contributed by atoms with Crippen LogP contribution in [0.2, 0.25) is 0 Å². The summed E-state index contributed by atoms with van der Waals surface area (Å²) in [5.41, 5.74) is 8.43. The molecule has 0 saturated heterocycles. The van der Waals surface area contributed by atoms with E-state index in [1.807, 2.05) is 19.1 Å². The van der Waals surface area contributed by atoms with E-state index in [1.54, 1.807) is 6.07 Å². The molecule has 0 amide bonds. The number of benzene rings is 1. The van der Waals surface area contributed by atoms with Gasteiger partial charge >= 0.3 is 5.97 Å². The van der Waals surface area contributed by atoms with Crippen LogP contribution >= 0.6 is 0 Å². The molecular formula is C13H18N2O2. The van der Waals surface area contributed by atoms with E-state index in [2.05, 4.69) is 5.32 Å².